The third-order valence-electron chi connectivity index (χ3n) is 2.80. The van der Waals surface area contributed by atoms with Crippen molar-refractivity contribution in [2.24, 2.45) is 0 Å². The molecule has 0 heterocycles. The third-order valence-corrected chi connectivity index (χ3v) is 4.07. The number of rotatable bonds is 7. The largest absolute Gasteiger partial charge is 0.490 e. The van der Waals surface area contributed by atoms with Crippen molar-refractivity contribution in [1.29, 1.82) is 0 Å². The fraction of sp³-hybridized carbons (Fsp3) is 0.250. The lowest BCUT2D eigenvalue weighted by atomic mass is 10.2. The van der Waals surface area contributed by atoms with E-state index in [0.717, 1.165) is 27.0 Å². The highest BCUT2D eigenvalue weighted by molar-refractivity contribution is 9.10. The van der Waals surface area contributed by atoms with Crippen molar-refractivity contribution in [3.8, 4) is 11.5 Å². The van der Waals surface area contributed by atoms with E-state index < -0.39 is 0 Å². The van der Waals surface area contributed by atoms with Gasteiger partial charge in [-0.15, -0.1) is 0 Å². The maximum Gasteiger partial charge on any atom is 0.122 e. The summed E-state index contributed by atoms with van der Waals surface area (Å²) in [6.07, 6.45) is 0. The second-order valence-electron chi connectivity index (χ2n) is 4.44. The fourth-order valence-corrected chi connectivity index (χ4v) is 2.61. The van der Waals surface area contributed by atoms with Crippen molar-refractivity contribution >= 4 is 31.9 Å². The number of hydrogen-bond donors (Lipinski definition) is 1. The van der Waals surface area contributed by atoms with Gasteiger partial charge in [-0.05, 0) is 49.0 Å². The Hall–Kier alpha value is -1.04. The van der Waals surface area contributed by atoms with Crippen LogP contribution in [0.2, 0.25) is 0 Å². The van der Waals surface area contributed by atoms with Gasteiger partial charge in [0.2, 0.25) is 0 Å². The van der Waals surface area contributed by atoms with E-state index in [4.69, 9.17) is 9.47 Å². The predicted molar refractivity (Wildman–Crippen MR) is 92.0 cm³/mol. The third kappa shape index (κ3) is 5.34. The molecule has 2 aromatic carbocycles. The van der Waals surface area contributed by atoms with Crippen molar-refractivity contribution in [2.45, 2.75) is 6.54 Å². The minimum atomic E-state index is 0.507. The van der Waals surface area contributed by atoms with Crippen LogP contribution in [0.1, 0.15) is 5.56 Å². The molecule has 0 fully saturated rings. The van der Waals surface area contributed by atoms with Crippen LogP contribution in [0.15, 0.2) is 51.4 Å². The smallest absolute Gasteiger partial charge is 0.122 e. The molecule has 5 heteroatoms. The molecular formula is C16H17Br2NO2. The number of halogens is 2. The molecule has 0 spiro atoms. The predicted octanol–water partition coefficient (Wildman–Crippen LogP) is 4.39. The molecule has 0 bridgehead atoms. The first kappa shape index (κ1) is 16.3. The Morgan fingerprint density at radius 1 is 0.952 bits per heavy atom. The molecule has 0 unspecified atom stereocenters. The van der Waals surface area contributed by atoms with Gasteiger partial charge < -0.3 is 14.8 Å². The summed E-state index contributed by atoms with van der Waals surface area (Å²) in [7, 11) is 1.92. The van der Waals surface area contributed by atoms with Gasteiger partial charge in [-0.2, -0.15) is 0 Å². The molecule has 0 amide bonds. The maximum atomic E-state index is 5.71. The normalized spacial score (nSPS) is 10.4. The van der Waals surface area contributed by atoms with Gasteiger partial charge >= 0.3 is 0 Å². The molecule has 1 N–H and O–H groups in total. The second-order valence-corrected chi connectivity index (χ2v) is 6.21. The summed E-state index contributed by atoms with van der Waals surface area (Å²) < 4.78 is 13.4. The molecule has 0 saturated heterocycles. The minimum Gasteiger partial charge on any atom is -0.490 e. The van der Waals surface area contributed by atoms with E-state index in [1.807, 2.05) is 49.5 Å². The number of benzene rings is 2. The molecule has 0 radical (unpaired) electrons. The zero-order chi connectivity index (χ0) is 15.1. The van der Waals surface area contributed by atoms with Crippen LogP contribution >= 0.6 is 31.9 Å². The van der Waals surface area contributed by atoms with Crippen LogP contribution in [0.5, 0.6) is 11.5 Å². The summed E-state index contributed by atoms with van der Waals surface area (Å²) in [5.74, 6) is 1.68. The Bertz CT molecular complexity index is 590. The molecule has 0 atom stereocenters. The Balaban J connectivity index is 1.82. The molecule has 21 heavy (non-hydrogen) atoms. The quantitative estimate of drug-likeness (QED) is 0.681. The lowest BCUT2D eigenvalue weighted by Gasteiger charge is -2.11. The molecule has 0 aliphatic rings. The Morgan fingerprint density at radius 3 is 2.33 bits per heavy atom. The minimum absolute atomic E-state index is 0.507. The van der Waals surface area contributed by atoms with E-state index >= 15 is 0 Å². The summed E-state index contributed by atoms with van der Waals surface area (Å²) >= 11 is 6.94. The van der Waals surface area contributed by atoms with E-state index in [9.17, 15) is 0 Å². The number of nitrogens with one attached hydrogen (secondary N) is 1. The Kier molecular flexibility index (Phi) is 6.54. The summed E-state index contributed by atoms with van der Waals surface area (Å²) in [6, 6.07) is 13.7. The Morgan fingerprint density at radius 2 is 1.67 bits per heavy atom. The van der Waals surface area contributed by atoms with Gasteiger partial charge in [0.15, 0.2) is 0 Å². The molecular weight excluding hydrogens is 398 g/mol. The van der Waals surface area contributed by atoms with Crippen LogP contribution in [0.25, 0.3) is 0 Å². The summed E-state index contributed by atoms with van der Waals surface area (Å²) in [5.41, 5.74) is 1.17. The molecule has 112 valence electrons. The van der Waals surface area contributed by atoms with E-state index in [2.05, 4.69) is 37.2 Å². The maximum absolute atomic E-state index is 5.71. The Labute approximate surface area is 141 Å². The van der Waals surface area contributed by atoms with Crippen molar-refractivity contribution in [3.05, 3.63) is 57.0 Å². The lowest BCUT2D eigenvalue weighted by Crippen LogP contribution is -2.10. The molecule has 2 aromatic rings. The summed E-state index contributed by atoms with van der Waals surface area (Å²) in [6.45, 7) is 1.81. The van der Waals surface area contributed by atoms with Gasteiger partial charge in [-0.3, -0.25) is 0 Å². The lowest BCUT2D eigenvalue weighted by molar-refractivity contribution is 0.217. The van der Waals surface area contributed by atoms with Crippen molar-refractivity contribution in [3.63, 3.8) is 0 Å². The van der Waals surface area contributed by atoms with E-state index in [0.29, 0.717) is 13.2 Å². The number of hydrogen-bond acceptors (Lipinski definition) is 3. The highest BCUT2D eigenvalue weighted by Gasteiger charge is 2.02. The van der Waals surface area contributed by atoms with Crippen LogP contribution in [0, 0.1) is 0 Å². The fourth-order valence-electron chi connectivity index (χ4n) is 1.84. The monoisotopic (exact) mass is 413 g/mol. The average Bonchev–Trinajstić information content (AvgIpc) is 2.47. The van der Waals surface area contributed by atoms with Crippen LogP contribution in [0.4, 0.5) is 0 Å². The van der Waals surface area contributed by atoms with Crippen LogP contribution in [-0.2, 0) is 6.54 Å². The van der Waals surface area contributed by atoms with Crippen LogP contribution < -0.4 is 14.8 Å². The molecule has 0 aliphatic carbocycles. The van der Waals surface area contributed by atoms with Gasteiger partial charge in [-0.1, -0.05) is 37.9 Å². The molecule has 2 rings (SSSR count). The molecule has 0 aromatic heterocycles. The molecule has 0 saturated carbocycles. The summed E-state index contributed by atoms with van der Waals surface area (Å²) in [4.78, 5) is 0. The number of ether oxygens (including phenoxy) is 2. The molecule has 0 aliphatic heterocycles. The first-order valence-corrected chi connectivity index (χ1v) is 8.22. The van der Waals surface area contributed by atoms with Gasteiger partial charge in [0.05, 0.1) is 0 Å². The van der Waals surface area contributed by atoms with Gasteiger partial charge in [-0.25, -0.2) is 0 Å². The van der Waals surface area contributed by atoms with Crippen molar-refractivity contribution in [2.75, 3.05) is 20.3 Å². The highest BCUT2D eigenvalue weighted by atomic mass is 79.9. The first-order chi connectivity index (χ1) is 10.2. The second kappa shape index (κ2) is 8.41. The summed E-state index contributed by atoms with van der Waals surface area (Å²) in [5, 5.41) is 3.13. The standard InChI is InChI=1S/C16H17Br2NO2/c1-19-11-12-9-15(5-6-16(12)18)21-8-7-20-14-4-2-3-13(17)10-14/h2-6,9-10,19H,7-8,11H2,1H3. The van der Waals surface area contributed by atoms with Gasteiger partial charge in [0, 0.05) is 15.5 Å². The van der Waals surface area contributed by atoms with Crippen molar-refractivity contribution < 1.29 is 9.47 Å². The van der Waals surface area contributed by atoms with E-state index in [-0.39, 0.29) is 0 Å². The van der Waals surface area contributed by atoms with Crippen molar-refractivity contribution in [1.82, 2.24) is 5.32 Å². The van der Waals surface area contributed by atoms with E-state index in [1.165, 1.54) is 5.56 Å². The van der Waals surface area contributed by atoms with Crippen LogP contribution in [-0.4, -0.2) is 20.3 Å². The SMILES string of the molecule is CNCc1cc(OCCOc2cccc(Br)c2)ccc1Br. The van der Waals surface area contributed by atoms with Gasteiger partial charge in [0.25, 0.3) is 0 Å². The van der Waals surface area contributed by atoms with E-state index in [1.54, 1.807) is 0 Å². The zero-order valence-corrected chi connectivity index (χ0v) is 14.9. The highest BCUT2D eigenvalue weighted by Crippen LogP contribution is 2.22. The average molecular weight is 415 g/mol. The van der Waals surface area contributed by atoms with Crippen LogP contribution in [0.3, 0.4) is 0 Å². The topological polar surface area (TPSA) is 30.5 Å². The molecule has 3 nitrogen and oxygen atoms in total. The zero-order valence-electron chi connectivity index (χ0n) is 11.7. The van der Waals surface area contributed by atoms with Gasteiger partial charge in [0.1, 0.15) is 24.7 Å². The first-order valence-electron chi connectivity index (χ1n) is 6.63.